The third-order valence-corrected chi connectivity index (χ3v) is 4.60. The van der Waals surface area contributed by atoms with Crippen molar-refractivity contribution in [1.29, 1.82) is 0 Å². The number of aryl methyl sites for hydroxylation is 2. The van der Waals surface area contributed by atoms with Crippen molar-refractivity contribution in [3.8, 4) is 28.5 Å². The van der Waals surface area contributed by atoms with Gasteiger partial charge in [0.2, 0.25) is 6.79 Å². The maximum absolute atomic E-state index is 10.3. The predicted octanol–water partition coefficient (Wildman–Crippen LogP) is 3.95. The number of nitrogens with one attached hydrogen (secondary N) is 1. The number of hydrogen-bond acceptors (Lipinski definition) is 4. The summed E-state index contributed by atoms with van der Waals surface area (Å²) in [4.78, 5) is 5.40. The average Bonchev–Trinajstić information content (AvgIpc) is 3.12. The van der Waals surface area contributed by atoms with Crippen LogP contribution in [0.3, 0.4) is 0 Å². The summed E-state index contributed by atoms with van der Waals surface area (Å²) in [5.74, 6) is 1.87. The van der Waals surface area contributed by atoms with Crippen LogP contribution in [0.5, 0.6) is 17.2 Å². The van der Waals surface area contributed by atoms with E-state index in [0.717, 1.165) is 50.5 Å². The van der Waals surface area contributed by atoms with Crippen molar-refractivity contribution in [3.63, 3.8) is 0 Å². The lowest BCUT2D eigenvalue weighted by Gasteiger charge is -2.17. The SMILES string of the molecule is Cc1cc(-c2[nH]c3cc4c(cc3c2C)OCO4)cc(N(C)C)c1O. The summed E-state index contributed by atoms with van der Waals surface area (Å²) in [7, 11) is 3.85. The summed E-state index contributed by atoms with van der Waals surface area (Å²) in [6, 6.07) is 8.00. The lowest BCUT2D eigenvalue weighted by molar-refractivity contribution is 0.174. The number of ether oxygens (including phenoxy) is 2. The molecule has 2 heterocycles. The zero-order valence-electron chi connectivity index (χ0n) is 14.2. The van der Waals surface area contributed by atoms with Crippen LogP contribution in [-0.4, -0.2) is 31.0 Å². The van der Waals surface area contributed by atoms with Gasteiger partial charge >= 0.3 is 0 Å². The van der Waals surface area contributed by atoms with Crippen molar-refractivity contribution >= 4 is 16.6 Å². The fourth-order valence-electron chi connectivity index (χ4n) is 3.25. The van der Waals surface area contributed by atoms with Gasteiger partial charge in [0, 0.05) is 36.8 Å². The molecular formula is C19H20N2O3. The number of aromatic nitrogens is 1. The van der Waals surface area contributed by atoms with Crippen molar-refractivity contribution in [3.05, 3.63) is 35.4 Å². The third kappa shape index (κ3) is 2.08. The minimum Gasteiger partial charge on any atom is -0.505 e. The molecule has 2 N–H and O–H groups in total. The molecule has 0 fully saturated rings. The lowest BCUT2D eigenvalue weighted by atomic mass is 10.0. The van der Waals surface area contributed by atoms with E-state index in [9.17, 15) is 5.11 Å². The molecule has 24 heavy (non-hydrogen) atoms. The maximum Gasteiger partial charge on any atom is 0.231 e. The second-order valence-electron chi connectivity index (χ2n) is 6.43. The Bertz CT molecular complexity index is 957. The number of hydrogen-bond donors (Lipinski definition) is 2. The van der Waals surface area contributed by atoms with E-state index in [2.05, 4.69) is 11.9 Å². The molecule has 0 atom stereocenters. The van der Waals surface area contributed by atoms with E-state index in [0.29, 0.717) is 5.75 Å². The molecule has 1 aliphatic rings. The quantitative estimate of drug-likeness (QED) is 0.749. The minimum absolute atomic E-state index is 0.275. The van der Waals surface area contributed by atoms with Crippen molar-refractivity contribution in [2.45, 2.75) is 13.8 Å². The second-order valence-corrected chi connectivity index (χ2v) is 6.43. The largest absolute Gasteiger partial charge is 0.505 e. The molecule has 0 amide bonds. The summed E-state index contributed by atoms with van der Waals surface area (Å²) in [6.07, 6.45) is 0. The number of benzene rings is 2. The van der Waals surface area contributed by atoms with Crippen LogP contribution in [0.1, 0.15) is 11.1 Å². The third-order valence-electron chi connectivity index (χ3n) is 4.60. The number of phenols is 1. The summed E-state index contributed by atoms with van der Waals surface area (Å²) in [5, 5.41) is 11.4. The van der Waals surface area contributed by atoms with E-state index in [-0.39, 0.29) is 6.79 Å². The van der Waals surface area contributed by atoms with Crippen LogP contribution in [-0.2, 0) is 0 Å². The van der Waals surface area contributed by atoms with Gasteiger partial charge in [0.1, 0.15) is 5.75 Å². The number of phenolic OH excluding ortho intramolecular Hbond substituents is 1. The number of aromatic amines is 1. The van der Waals surface area contributed by atoms with Crippen molar-refractivity contribution in [2.24, 2.45) is 0 Å². The van der Waals surface area contributed by atoms with Crippen molar-refractivity contribution in [1.82, 2.24) is 4.98 Å². The van der Waals surface area contributed by atoms with Crippen LogP contribution in [0.4, 0.5) is 5.69 Å². The van der Waals surface area contributed by atoms with Gasteiger partial charge in [-0.2, -0.15) is 0 Å². The van der Waals surface area contributed by atoms with E-state index in [1.54, 1.807) is 0 Å². The first-order chi connectivity index (χ1) is 11.5. The van der Waals surface area contributed by atoms with Gasteiger partial charge in [-0.15, -0.1) is 0 Å². The first-order valence-corrected chi connectivity index (χ1v) is 7.89. The fourth-order valence-corrected chi connectivity index (χ4v) is 3.25. The maximum atomic E-state index is 10.3. The molecular weight excluding hydrogens is 304 g/mol. The molecule has 0 saturated heterocycles. The van der Waals surface area contributed by atoms with Gasteiger partial charge in [-0.3, -0.25) is 0 Å². The molecule has 0 radical (unpaired) electrons. The van der Waals surface area contributed by atoms with Crippen molar-refractivity contribution in [2.75, 3.05) is 25.8 Å². The molecule has 1 aromatic heterocycles. The van der Waals surface area contributed by atoms with E-state index >= 15 is 0 Å². The molecule has 5 nitrogen and oxygen atoms in total. The van der Waals surface area contributed by atoms with Gasteiger partial charge in [-0.25, -0.2) is 0 Å². The van der Waals surface area contributed by atoms with Crippen LogP contribution >= 0.6 is 0 Å². The molecule has 4 rings (SSSR count). The topological polar surface area (TPSA) is 57.7 Å². The number of rotatable bonds is 2. The van der Waals surface area contributed by atoms with Gasteiger partial charge < -0.3 is 24.5 Å². The summed E-state index contributed by atoms with van der Waals surface area (Å²) in [5.41, 5.74) is 5.91. The number of nitrogens with zero attached hydrogens (tertiary/aromatic N) is 1. The second kappa shape index (κ2) is 5.09. The molecule has 1 aliphatic heterocycles. The van der Waals surface area contributed by atoms with E-state index in [1.165, 1.54) is 0 Å². The Kier molecular flexibility index (Phi) is 3.13. The first kappa shape index (κ1) is 14.8. The highest BCUT2D eigenvalue weighted by molar-refractivity contribution is 5.93. The molecule has 124 valence electrons. The lowest BCUT2D eigenvalue weighted by Crippen LogP contribution is -2.09. The van der Waals surface area contributed by atoms with E-state index < -0.39 is 0 Å². The van der Waals surface area contributed by atoms with E-state index in [4.69, 9.17) is 9.47 Å². The van der Waals surface area contributed by atoms with Crippen LogP contribution < -0.4 is 14.4 Å². The smallest absolute Gasteiger partial charge is 0.231 e. The Morgan fingerprint density at radius 2 is 1.75 bits per heavy atom. The molecule has 0 aliphatic carbocycles. The highest BCUT2D eigenvalue weighted by Gasteiger charge is 2.19. The molecule has 3 aromatic rings. The standard InChI is InChI=1S/C19H20N2O3/c1-10-5-12(6-15(19(10)22)21(3)4)18-11(2)13-7-16-17(24-9-23-16)8-14(13)20-18/h5-8,20,22H,9H2,1-4H3. The van der Waals surface area contributed by atoms with Gasteiger partial charge in [0.25, 0.3) is 0 Å². The monoisotopic (exact) mass is 324 g/mol. The Morgan fingerprint density at radius 3 is 2.46 bits per heavy atom. The zero-order chi connectivity index (χ0) is 17.0. The number of fused-ring (bicyclic) bond motifs is 2. The Hall–Kier alpha value is -2.82. The molecule has 0 bridgehead atoms. The zero-order valence-corrected chi connectivity index (χ0v) is 14.2. The van der Waals surface area contributed by atoms with Crippen LogP contribution in [0, 0.1) is 13.8 Å². The van der Waals surface area contributed by atoms with Gasteiger partial charge in [-0.05, 0) is 43.2 Å². The van der Waals surface area contributed by atoms with E-state index in [1.807, 2.05) is 50.2 Å². The highest BCUT2D eigenvalue weighted by atomic mass is 16.7. The fraction of sp³-hybridized carbons (Fsp3) is 0.263. The number of aromatic hydroxyl groups is 1. The van der Waals surface area contributed by atoms with Gasteiger partial charge in [-0.1, -0.05) is 0 Å². The summed E-state index contributed by atoms with van der Waals surface area (Å²) in [6.45, 7) is 4.28. The highest BCUT2D eigenvalue weighted by Crippen LogP contribution is 2.41. The molecule has 5 heteroatoms. The first-order valence-electron chi connectivity index (χ1n) is 7.89. The Morgan fingerprint density at radius 1 is 1.04 bits per heavy atom. The van der Waals surface area contributed by atoms with Crippen LogP contribution in [0.15, 0.2) is 24.3 Å². The summed E-state index contributed by atoms with van der Waals surface area (Å²) >= 11 is 0. The van der Waals surface area contributed by atoms with Crippen LogP contribution in [0.25, 0.3) is 22.2 Å². The summed E-state index contributed by atoms with van der Waals surface area (Å²) < 4.78 is 11.0. The number of H-pyrrole nitrogens is 1. The molecule has 0 unspecified atom stereocenters. The van der Waals surface area contributed by atoms with Crippen molar-refractivity contribution < 1.29 is 14.6 Å². The Labute approximate surface area is 140 Å². The van der Waals surface area contributed by atoms with Crippen LogP contribution in [0.2, 0.25) is 0 Å². The number of anilines is 1. The average molecular weight is 324 g/mol. The van der Waals surface area contributed by atoms with Gasteiger partial charge in [0.15, 0.2) is 11.5 Å². The minimum atomic E-state index is 0.275. The Balaban J connectivity index is 1.92. The molecule has 0 spiro atoms. The predicted molar refractivity (Wildman–Crippen MR) is 95.3 cm³/mol. The van der Waals surface area contributed by atoms with Gasteiger partial charge in [0.05, 0.1) is 11.2 Å². The molecule has 2 aromatic carbocycles. The normalized spacial score (nSPS) is 12.8. The molecule has 0 saturated carbocycles.